The van der Waals surface area contributed by atoms with E-state index in [-0.39, 0.29) is 0 Å². The van der Waals surface area contributed by atoms with Gasteiger partial charge in [-0.15, -0.1) is 0 Å². The topological polar surface area (TPSA) is 35.8 Å². The summed E-state index contributed by atoms with van der Waals surface area (Å²) >= 11 is 0. The van der Waals surface area contributed by atoms with Gasteiger partial charge in [0.05, 0.1) is 12.5 Å². The first-order valence-electron chi connectivity index (χ1n) is 4.33. The van der Waals surface area contributed by atoms with Gasteiger partial charge in [-0.3, -0.25) is 0 Å². The van der Waals surface area contributed by atoms with Crippen LogP contribution in [0.1, 0.15) is 40.0 Å². The zero-order chi connectivity index (χ0) is 8.69. The van der Waals surface area contributed by atoms with Gasteiger partial charge in [-0.1, -0.05) is 13.3 Å². The van der Waals surface area contributed by atoms with Crippen LogP contribution in [0.2, 0.25) is 0 Å². The summed E-state index contributed by atoms with van der Waals surface area (Å²) in [6, 6.07) is 3.03. The van der Waals surface area contributed by atoms with Crippen molar-refractivity contribution in [2.45, 2.75) is 52.1 Å². The monoisotopic (exact) mass is 154 g/mol. The number of nitriles is 1. The first-order chi connectivity index (χ1) is 5.20. The van der Waals surface area contributed by atoms with Gasteiger partial charge in [0.1, 0.15) is 0 Å². The van der Waals surface area contributed by atoms with Crippen LogP contribution in [0.5, 0.6) is 0 Å². The van der Waals surface area contributed by atoms with Crippen LogP contribution in [0.3, 0.4) is 0 Å². The largest absolute Gasteiger partial charge is 0.311 e. The average molecular weight is 154 g/mol. The molecule has 0 rings (SSSR count). The number of hydrogen-bond donors (Lipinski definition) is 1. The maximum absolute atomic E-state index is 8.39. The van der Waals surface area contributed by atoms with Crippen molar-refractivity contribution in [3.63, 3.8) is 0 Å². The molecule has 0 bridgehead atoms. The highest BCUT2D eigenvalue weighted by Gasteiger charge is 2.04. The smallest absolute Gasteiger partial charge is 0.0638 e. The van der Waals surface area contributed by atoms with Gasteiger partial charge in [-0.25, -0.2) is 0 Å². The van der Waals surface area contributed by atoms with Crippen LogP contribution >= 0.6 is 0 Å². The SMILES string of the molecule is CCCC(C)NC(C)CC#N. The van der Waals surface area contributed by atoms with E-state index in [2.05, 4.69) is 32.2 Å². The molecule has 0 spiro atoms. The predicted octanol–water partition coefficient (Wildman–Crippen LogP) is 2.07. The highest BCUT2D eigenvalue weighted by Crippen LogP contribution is 1.98. The van der Waals surface area contributed by atoms with Gasteiger partial charge in [0.25, 0.3) is 0 Å². The Labute approximate surface area is 69.6 Å². The summed E-state index contributed by atoms with van der Waals surface area (Å²) in [5.41, 5.74) is 0. The van der Waals surface area contributed by atoms with Crippen molar-refractivity contribution >= 4 is 0 Å². The normalized spacial score (nSPS) is 15.5. The van der Waals surface area contributed by atoms with Crippen molar-refractivity contribution < 1.29 is 0 Å². The van der Waals surface area contributed by atoms with E-state index in [1.807, 2.05) is 0 Å². The first-order valence-corrected chi connectivity index (χ1v) is 4.33. The van der Waals surface area contributed by atoms with Crippen molar-refractivity contribution in [1.29, 1.82) is 5.26 Å². The summed E-state index contributed by atoms with van der Waals surface area (Å²) in [5, 5.41) is 11.7. The number of nitrogens with one attached hydrogen (secondary N) is 1. The van der Waals surface area contributed by atoms with Crippen molar-refractivity contribution in [2.75, 3.05) is 0 Å². The molecule has 64 valence electrons. The minimum atomic E-state index is 0.335. The summed E-state index contributed by atoms with van der Waals surface area (Å²) in [6.45, 7) is 6.39. The summed E-state index contributed by atoms with van der Waals surface area (Å²) in [7, 11) is 0. The van der Waals surface area contributed by atoms with Gasteiger partial charge in [0, 0.05) is 12.1 Å². The Morgan fingerprint density at radius 3 is 2.45 bits per heavy atom. The van der Waals surface area contributed by atoms with Crippen LogP contribution in [0, 0.1) is 11.3 Å². The summed E-state index contributed by atoms with van der Waals surface area (Å²) < 4.78 is 0. The molecule has 11 heavy (non-hydrogen) atoms. The lowest BCUT2D eigenvalue weighted by Crippen LogP contribution is -2.33. The molecule has 0 fully saturated rings. The molecule has 0 aromatic heterocycles. The second kappa shape index (κ2) is 6.18. The Balaban J connectivity index is 3.41. The molecule has 2 atom stereocenters. The van der Waals surface area contributed by atoms with Crippen molar-refractivity contribution in [1.82, 2.24) is 5.32 Å². The standard InChI is InChI=1S/C9H18N2/c1-4-5-8(2)11-9(3)6-7-10/h8-9,11H,4-6H2,1-3H3. The molecule has 1 N–H and O–H groups in total. The molecule has 0 amide bonds. The van der Waals surface area contributed by atoms with Gasteiger partial charge in [-0.05, 0) is 20.3 Å². The quantitative estimate of drug-likeness (QED) is 0.658. The van der Waals surface area contributed by atoms with Crippen molar-refractivity contribution in [3.05, 3.63) is 0 Å². The summed E-state index contributed by atoms with van der Waals surface area (Å²) in [5.74, 6) is 0. The van der Waals surface area contributed by atoms with E-state index in [1.165, 1.54) is 12.8 Å². The van der Waals surface area contributed by atoms with Gasteiger partial charge in [0.2, 0.25) is 0 Å². The fraction of sp³-hybridized carbons (Fsp3) is 0.889. The molecule has 0 heterocycles. The van der Waals surface area contributed by atoms with Gasteiger partial charge in [0.15, 0.2) is 0 Å². The Morgan fingerprint density at radius 1 is 1.36 bits per heavy atom. The Kier molecular flexibility index (Phi) is 5.87. The van der Waals surface area contributed by atoms with Crippen LogP contribution in [0.15, 0.2) is 0 Å². The maximum Gasteiger partial charge on any atom is 0.0638 e. The van der Waals surface area contributed by atoms with E-state index in [9.17, 15) is 0 Å². The second-order valence-corrected chi connectivity index (χ2v) is 3.12. The third kappa shape index (κ3) is 5.87. The van der Waals surface area contributed by atoms with Gasteiger partial charge < -0.3 is 5.32 Å². The van der Waals surface area contributed by atoms with E-state index >= 15 is 0 Å². The molecule has 2 unspecified atom stereocenters. The third-order valence-corrected chi connectivity index (χ3v) is 1.69. The molecular formula is C9H18N2. The molecule has 2 nitrogen and oxygen atoms in total. The Bertz CT molecular complexity index is 126. The first kappa shape index (κ1) is 10.4. The molecule has 0 aliphatic carbocycles. The Hall–Kier alpha value is -0.550. The maximum atomic E-state index is 8.39. The van der Waals surface area contributed by atoms with E-state index in [1.54, 1.807) is 0 Å². The lowest BCUT2D eigenvalue weighted by Gasteiger charge is -2.16. The second-order valence-electron chi connectivity index (χ2n) is 3.12. The fourth-order valence-electron chi connectivity index (χ4n) is 1.20. The van der Waals surface area contributed by atoms with Gasteiger partial charge in [-0.2, -0.15) is 5.26 Å². The van der Waals surface area contributed by atoms with Crippen molar-refractivity contribution in [3.8, 4) is 6.07 Å². The van der Waals surface area contributed by atoms with E-state index in [0.717, 1.165) is 0 Å². The average Bonchev–Trinajstić information content (AvgIpc) is 1.87. The van der Waals surface area contributed by atoms with E-state index in [0.29, 0.717) is 18.5 Å². The van der Waals surface area contributed by atoms with Crippen LogP contribution in [-0.2, 0) is 0 Å². The third-order valence-electron chi connectivity index (χ3n) is 1.69. The van der Waals surface area contributed by atoms with Gasteiger partial charge >= 0.3 is 0 Å². The van der Waals surface area contributed by atoms with Crippen LogP contribution < -0.4 is 5.32 Å². The molecular weight excluding hydrogens is 136 g/mol. The molecule has 0 saturated carbocycles. The minimum absolute atomic E-state index is 0.335. The lowest BCUT2D eigenvalue weighted by molar-refractivity contribution is 0.447. The summed E-state index contributed by atoms with van der Waals surface area (Å²) in [4.78, 5) is 0. The highest BCUT2D eigenvalue weighted by molar-refractivity contribution is 4.78. The zero-order valence-electron chi connectivity index (χ0n) is 7.72. The predicted molar refractivity (Wildman–Crippen MR) is 47.2 cm³/mol. The van der Waals surface area contributed by atoms with Crippen LogP contribution in [-0.4, -0.2) is 12.1 Å². The Morgan fingerprint density at radius 2 is 2.00 bits per heavy atom. The zero-order valence-corrected chi connectivity index (χ0v) is 7.72. The van der Waals surface area contributed by atoms with Crippen LogP contribution in [0.25, 0.3) is 0 Å². The molecule has 2 heteroatoms. The summed E-state index contributed by atoms with van der Waals surface area (Å²) in [6.07, 6.45) is 3.00. The highest BCUT2D eigenvalue weighted by atomic mass is 14.9. The molecule has 0 aromatic carbocycles. The molecule has 0 aliphatic rings. The van der Waals surface area contributed by atoms with E-state index in [4.69, 9.17) is 5.26 Å². The fourth-order valence-corrected chi connectivity index (χ4v) is 1.20. The van der Waals surface area contributed by atoms with Crippen molar-refractivity contribution in [2.24, 2.45) is 0 Å². The van der Waals surface area contributed by atoms with Crippen LogP contribution in [0.4, 0.5) is 0 Å². The lowest BCUT2D eigenvalue weighted by atomic mass is 10.1. The molecule has 0 saturated heterocycles. The number of hydrogen-bond acceptors (Lipinski definition) is 2. The molecule has 0 aliphatic heterocycles. The van der Waals surface area contributed by atoms with E-state index < -0.39 is 0 Å². The number of rotatable bonds is 5. The molecule has 0 radical (unpaired) electrons. The molecule has 0 aromatic rings. The number of nitrogens with zero attached hydrogens (tertiary/aromatic N) is 1. The minimum Gasteiger partial charge on any atom is -0.311 e.